The van der Waals surface area contributed by atoms with E-state index < -0.39 is 41.4 Å². The van der Waals surface area contributed by atoms with E-state index in [2.05, 4.69) is 20.7 Å². The number of hydrogen-bond acceptors (Lipinski definition) is 13. The summed E-state index contributed by atoms with van der Waals surface area (Å²) in [5.74, 6) is -8.54. The number of hydrogen-bond donors (Lipinski definition) is 3. The fraction of sp³-hybridized carbons (Fsp3) is 0.743. The Morgan fingerprint density at radius 2 is 1.13 bits per heavy atom. The molecule has 20 heteroatoms. The lowest BCUT2D eigenvalue weighted by Crippen LogP contribution is -2.36. The Labute approximate surface area is 322 Å². The second kappa shape index (κ2) is 28.6. The van der Waals surface area contributed by atoms with Crippen molar-refractivity contribution in [2.45, 2.75) is 49.4 Å². The fourth-order valence-electron chi connectivity index (χ4n) is 5.23. The minimum Gasteiger partial charge on any atom is -0.420 e. The molecule has 2 saturated heterocycles. The van der Waals surface area contributed by atoms with Crippen molar-refractivity contribution in [1.82, 2.24) is 16.0 Å². The zero-order chi connectivity index (χ0) is 39.5. The van der Waals surface area contributed by atoms with E-state index in [9.17, 15) is 31.9 Å². The van der Waals surface area contributed by atoms with E-state index in [0.717, 1.165) is 25.0 Å². The van der Waals surface area contributed by atoms with Crippen LogP contribution in [0.4, 0.5) is 22.4 Å². The van der Waals surface area contributed by atoms with Gasteiger partial charge in [0.1, 0.15) is 0 Å². The van der Waals surface area contributed by atoms with E-state index in [1.807, 2.05) is 11.8 Å². The number of halogens is 4. The van der Waals surface area contributed by atoms with Gasteiger partial charge in [0.05, 0.1) is 124 Å². The second-order valence-electron chi connectivity index (χ2n) is 12.1. The highest BCUT2D eigenvalue weighted by Gasteiger charge is 2.42. The number of fused-ring (bicyclic) bond motifs is 1. The van der Waals surface area contributed by atoms with Gasteiger partial charge in [-0.3, -0.25) is 9.59 Å². The minimum absolute atomic E-state index is 0.0160. The molecule has 0 radical (unpaired) electrons. The molecule has 3 atom stereocenters. The quantitative estimate of drug-likeness (QED) is 0.0237. The highest BCUT2D eigenvalue weighted by atomic mass is 32.2. The van der Waals surface area contributed by atoms with Gasteiger partial charge in [-0.15, -0.1) is 0 Å². The number of ether oxygens (including phenoxy) is 9. The lowest BCUT2D eigenvalue weighted by molar-refractivity contribution is -0.136. The Morgan fingerprint density at radius 1 is 0.655 bits per heavy atom. The molecule has 0 unspecified atom stereocenters. The Balaban J connectivity index is 0.944. The van der Waals surface area contributed by atoms with Crippen molar-refractivity contribution in [3.63, 3.8) is 0 Å². The molecule has 314 valence electrons. The molecule has 0 bridgehead atoms. The predicted molar refractivity (Wildman–Crippen MR) is 190 cm³/mol. The van der Waals surface area contributed by atoms with Crippen molar-refractivity contribution < 1.29 is 74.6 Å². The van der Waals surface area contributed by atoms with E-state index in [4.69, 9.17) is 37.9 Å². The summed E-state index contributed by atoms with van der Waals surface area (Å²) < 4.78 is 101. The van der Waals surface area contributed by atoms with E-state index in [1.54, 1.807) is 0 Å². The zero-order valence-electron chi connectivity index (χ0n) is 30.9. The zero-order valence-corrected chi connectivity index (χ0v) is 31.7. The van der Waals surface area contributed by atoms with Crippen LogP contribution in [0.25, 0.3) is 0 Å². The number of carbonyl (C=O) groups is 3. The molecule has 0 saturated carbocycles. The smallest absolute Gasteiger partial charge is 0.315 e. The van der Waals surface area contributed by atoms with Gasteiger partial charge in [0, 0.05) is 30.0 Å². The highest BCUT2D eigenvalue weighted by molar-refractivity contribution is 8.00. The van der Waals surface area contributed by atoms with Crippen LogP contribution in [-0.2, 0) is 47.5 Å². The summed E-state index contributed by atoms with van der Waals surface area (Å²) in [6.45, 7) is 5.81. The molecule has 3 N–H and O–H groups in total. The van der Waals surface area contributed by atoms with Gasteiger partial charge in [-0.25, -0.2) is 13.6 Å². The van der Waals surface area contributed by atoms with Gasteiger partial charge in [0.25, 0.3) is 0 Å². The number of amides is 3. The number of thioether (sulfide) groups is 1. The molecule has 0 aromatic heterocycles. The number of rotatable bonds is 33. The maximum Gasteiger partial charge on any atom is 0.315 e. The van der Waals surface area contributed by atoms with Crippen molar-refractivity contribution in [1.29, 1.82) is 0 Å². The number of unbranched alkanes of at least 4 members (excludes halogenated alkanes) is 1. The van der Waals surface area contributed by atoms with E-state index in [1.165, 1.54) is 0 Å². The molecular weight excluding hydrogens is 762 g/mol. The molecule has 0 aliphatic carbocycles. The maximum absolute atomic E-state index is 13.5. The van der Waals surface area contributed by atoms with Crippen LogP contribution < -0.4 is 20.7 Å². The summed E-state index contributed by atoms with van der Waals surface area (Å²) in [7, 11) is 0. The molecule has 55 heavy (non-hydrogen) atoms. The van der Waals surface area contributed by atoms with Crippen LogP contribution in [0.2, 0.25) is 0 Å². The van der Waals surface area contributed by atoms with Crippen LogP contribution in [0.15, 0.2) is 6.07 Å². The van der Waals surface area contributed by atoms with Crippen LogP contribution in [0, 0.1) is 23.3 Å². The van der Waals surface area contributed by atoms with E-state index in [-0.39, 0.29) is 49.9 Å². The summed E-state index contributed by atoms with van der Waals surface area (Å²) >= 11 is 1.88. The van der Waals surface area contributed by atoms with Crippen LogP contribution >= 0.6 is 11.8 Å². The van der Waals surface area contributed by atoms with Crippen molar-refractivity contribution in [2.24, 2.45) is 0 Å². The monoisotopic (exact) mass is 815 g/mol. The largest absolute Gasteiger partial charge is 0.420 e. The molecule has 3 amide bonds. The Bertz CT molecular complexity index is 1250. The number of carbonyl (C=O) groups excluding carboxylic acids is 3. The third-order valence-corrected chi connectivity index (χ3v) is 9.50. The maximum atomic E-state index is 13.5. The predicted octanol–water partition coefficient (Wildman–Crippen LogP) is 2.51. The average Bonchev–Trinajstić information content (AvgIpc) is 3.72. The van der Waals surface area contributed by atoms with Gasteiger partial charge >= 0.3 is 12.0 Å². The number of nitrogens with one attached hydrogen (secondary N) is 3. The van der Waals surface area contributed by atoms with Crippen molar-refractivity contribution in [3.8, 4) is 5.75 Å². The SMILES string of the molecule is O=C(CCCC[C@@H]1SC[C@@H]2NC(=O)N[C@@H]21)NCCOCCOCCOCCOCCOCCOCCOCCOCCC(=O)Oc1c(F)c(F)cc(F)c1F. The van der Waals surface area contributed by atoms with Gasteiger partial charge in [-0.05, 0) is 12.8 Å². The molecule has 2 aliphatic heterocycles. The first-order chi connectivity index (χ1) is 26.8. The van der Waals surface area contributed by atoms with Crippen LogP contribution in [0.5, 0.6) is 5.75 Å². The minimum atomic E-state index is -1.80. The van der Waals surface area contributed by atoms with Gasteiger partial charge in [0.2, 0.25) is 23.3 Å². The van der Waals surface area contributed by atoms with Crippen molar-refractivity contribution in [2.75, 3.05) is 118 Å². The van der Waals surface area contributed by atoms with Crippen molar-refractivity contribution >= 4 is 29.7 Å². The third kappa shape index (κ3) is 19.7. The average molecular weight is 816 g/mol. The van der Waals surface area contributed by atoms with Crippen LogP contribution in [0.1, 0.15) is 32.1 Å². The molecule has 2 heterocycles. The van der Waals surface area contributed by atoms with Crippen LogP contribution in [0.3, 0.4) is 0 Å². The summed E-state index contributed by atoms with van der Waals surface area (Å²) in [4.78, 5) is 35.2. The van der Waals surface area contributed by atoms with Gasteiger partial charge < -0.3 is 58.6 Å². The standard InChI is InChI=1S/C35H53F4N3O12S/c36-25-23-26(37)32(39)34(31(25)38)54-30(44)5-7-46-9-11-48-13-15-50-17-19-52-21-22-53-20-18-51-16-14-49-12-10-47-8-6-40-29(43)4-2-1-3-28-33-27(24-55-28)41-35(45)42-33/h23,27-28,33H,1-22,24H2,(H,40,43)(H2,41,42,45)/t27-,28-,33-/m0/s1. The summed E-state index contributed by atoms with van der Waals surface area (Å²) in [5, 5.41) is 9.21. The molecule has 3 rings (SSSR count). The molecule has 15 nitrogen and oxygen atoms in total. The third-order valence-electron chi connectivity index (χ3n) is 7.99. The summed E-state index contributed by atoms with van der Waals surface area (Å²) in [6, 6.07) is 0.372. The summed E-state index contributed by atoms with van der Waals surface area (Å²) in [6.07, 6.45) is 2.85. The Kier molecular flexibility index (Phi) is 24.2. The van der Waals surface area contributed by atoms with Gasteiger partial charge in [0.15, 0.2) is 11.6 Å². The Hall–Kier alpha value is -2.82. The lowest BCUT2D eigenvalue weighted by Gasteiger charge is -2.16. The molecule has 1 aromatic rings. The highest BCUT2D eigenvalue weighted by Crippen LogP contribution is 2.33. The first kappa shape index (κ1) is 46.6. The topological polar surface area (TPSA) is 170 Å². The Morgan fingerprint density at radius 3 is 1.64 bits per heavy atom. The molecular formula is C35H53F4N3O12S. The van der Waals surface area contributed by atoms with E-state index >= 15 is 0 Å². The first-order valence-corrected chi connectivity index (χ1v) is 19.4. The van der Waals surface area contributed by atoms with Gasteiger partial charge in [-0.2, -0.15) is 20.5 Å². The lowest BCUT2D eigenvalue weighted by atomic mass is 10.0. The number of esters is 1. The van der Waals surface area contributed by atoms with Crippen molar-refractivity contribution in [3.05, 3.63) is 29.3 Å². The first-order valence-electron chi connectivity index (χ1n) is 18.4. The second-order valence-corrected chi connectivity index (χ2v) is 13.4. The molecule has 2 aliphatic rings. The molecule has 2 fully saturated rings. The molecule has 1 aromatic carbocycles. The van der Waals surface area contributed by atoms with Crippen LogP contribution in [-0.4, -0.2) is 153 Å². The number of urea groups is 1. The summed E-state index contributed by atoms with van der Waals surface area (Å²) in [5.41, 5.74) is 0. The normalized spacial score (nSPS) is 17.6. The van der Waals surface area contributed by atoms with E-state index in [0.29, 0.717) is 104 Å². The fourth-order valence-corrected chi connectivity index (χ4v) is 6.77. The van der Waals surface area contributed by atoms with Gasteiger partial charge in [-0.1, -0.05) is 6.42 Å². The molecule has 0 spiro atoms. The number of benzene rings is 1.